The van der Waals surface area contributed by atoms with Crippen molar-refractivity contribution in [2.45, 2.75) is 12.5 Å². The predicted octanol–water partition coefficient (Wildman–Crippen LogP) is 3.64. The molecule has 1 aromatic carbocycles. The summed E-state index contributed by atoms with van der Waals surface area (Å²) in [7, 11) is 1.27. The highest BCUT2D eigenvalue weighted by atomic mass is 16.5. The molecule has 2 N–H and O–H groups in total. The Hall–Kier alpha value is -4.84. The molecule has 0 aliphatic rings. The van der Waals surface area contributed by atoms with Crippen LogP contribution in [0.15, 0.2) is 73.4 Å². The first-order chi connectivity index (χ1) is 16.6. The summed E-state index contributed by atoms with van der Waals surface area (Å²) in [6.07, 6.45) is 6.55. The van der Waals surface area contributed by atoms with Gasteiger partial charge >= 0.3 is 11.7 Å². The third kappa shape index (κ3) is 4.81. The number of ether oxygens (including phenoxy) is 1. The van der Waals surface area contributed by atoms with E-state index in [4.69, 9.17) is 11.3 Å². The standard InChI is InChI=1S/C25H20N6O3/c1-26-23-18(20-7-3-5-9-28-20)11-16(12-19(23)21-8-4-6-10-29-21)24(32)31-22(25(33)34-2)13-17-14-27-15-30-17/h1,3-12,14-15,22H,13H2,2H3,(H-,27,30,31,32)/p+1/t22-/m1/s1. The number of aromatic nitrogens is 4. The van der Waals surface area contributed by atoms with Crippen LogP contribution in [0, 0.1) is 6.57 Å². The third-order valence-corrected chi connectivity index (χ3v) is 5.15. The first-order valence-electron chi connectivity index (χ1n) is 10.4. The Morgan fingerprint density at radius 2 is 1.74 bits per heavy atom. The molecule has 0 aliphatic carbocycles. The Balaban J connectivity index is 1.78. The van der Waals surface area contributed by atoms with Crippen LogP contribution in [0.25, 0.3) is 27.4 Å². The lowest BCUT2D eigenvalue weighted by Gasteiger charge is -2.16. The average molecular weight is 453 g/mol. The number of rotatable bonds is 7. The van der Waals surface area contributed by atoms with Crippen molar-refractivity contribution in [2.24, 2.45) is 0 Å². The smallest absolute Gasteiger partial charge is 0.358 e. The monoisotopic (exact) mass is 453 g/mol. The van der Waals surface area contributed by atoms with Crippen LogP contribution in [-0.2, 0) is 16.0 Å². The first kappa shape index (κ1) is 22.4. The second kappa shape index (κ2) is 10.2. The van der Waals surface area contributed by atoms with E-state index in [2.05, 4.69) is 30.1 Å². The Labute approximate surface area is 195 Å². The number of hydrogen-bond acceptors (Lipinski definition) is 6. The van der Waals surface area contributed by atoms with E-state index < -0.39 is 17.9 Å². The highest BCUT2D eigenvalue weighted by Crippen LogP contribution is 2.39. The topological polar surface area (TPSA) is 114 Å². The number of pyridine rings is 2. The molecule has 0 saturated carbocycles. The van der Waals surface area contributed by atoms with Crippen LogP contribution in [0.1, 0.15) is 16.1 Å². The molecule has 0 unspecified atom stereocenters. The molecular formula is C25H21N6O3+. The van der Waals surface area contributed by atoms with Crippen LogP contribution >= 0.6 is 0 Å². The van der Waals surface area contributed by atoms with Crippen molar-refractivity contribution < 1.29 is 14.3 Å². The molecule has 1 atom stereocenters. The number of methoxy groups -OCH3 is 1. The fourth-order valence-corrected chi connectivity index (χ4v) is 3.53. The van der Waals surface area contributed by atoms with Gasteiger partial charge in [0.2, 0.25) is 0 Å². The van der Waals surface area contributed by atoms with Crippen molar-refractivity contribution in [1.82, 2.24) is 25.3 Å². The van der Waals surface area contributed by atoms with E-state index in [0.29, 0.717) is 33.9 Å². The molecule has 3 aromatic heterocycles. The highest BCUT2D eigenvalue weighted by molar-refractivity contribution is 6.02. The number of H-pyrrole nitrogens is 1. The maximum atomic E-state index is 13.3. The summed E-state index contributed by atoms with van der Waals surface area (Å²) >= 11 is 0. The van der Waals surface area contributed by atoms with Crippen molar-refractivity contribution in [2.75, 3.05) is 7.11 Å². The van der Waals surface area contributed by atoms with Gasteiger partial charge in [-0.05, 0) is 41.2 Å². The zero-order valence-corrected chi connectivity index (χ0v) is 18.3. The van der Waals surface area contributed by atoms with Crippen molar-refractivity contribution in [3.8, 4) is 29.1 Å². The fraction of sp³-hybridized carbons (Fsp3) is 0.120. The molecule has 168 valence electrons. The Morgan fingerprint density at radius 3 is 2.21 bits per heavy atom. The molecule has 9 nitrogen and oxygen atoms in total. The normalized spacial score (nSPS) is 11.3. The van der Waals surface area contributed by atoms with Gasteiger partial charge in [0.15, 0.2) is 0 Å². The fourth-order valence-electron chi connectivity index (χ4n) is 3.53. The van der Waals surface area contributed by atoms with E-state index in [0.717, 1.165) is 0 Å². The Morgan fingerprint density at radius 1 is 1.09 bits per heavy atom. The largest absolute Gasteiger partial charge is 0.467 e. The maximum absolute atomic E-state index is 13.3. The van der Waals surface area contributed by atoms with E-state index in [1.165, 1.54) is 13.4 Å². The molecule has 1 amide bonds. The Bertz CT molecular complexity index is 1270. The number of nitrogens with zero attached hydrogens (tertiary/aromatic N) is 4. The van der Waals surface area contributed by atoms with Crippen molar-refractivity contribution in [1.29, 1.82) is 0 Å². The van der Waals surface area contributed by atoms with Gasteiger partial charge in [-0.1, -0.05) is 12.1 Å². The van der Waals surface area contributed by atoms with Gasteiger partial charge in [-0.3, -0.25) is 14.8 Å². The van der Waals surface area contributed by atoms with Crippen molar-refractivity contribution in [3.05, 3.63) is 89.6 Å². The zero-order valence-electron chi connectivity index (χ0n) is 18.3. The van der Waals surface area contributed by atoms with Gasteiger partial charge in [0, 0.05) is 36.3 Å². The van der Waals surface area contributed by atoms with E-state index >= 15 is 0 Å². The van der Waals surface area contributed by atoms with Gasteiger partial charge < -0.3 is 15.0 Å². The lowest BCUT2D eigenvalue weighted by atomic mass is 9.97. The molecule has 3 heterocycles. The van der Waals surface area contributed by atoms with Crippen molar-refractivity contribution >= 4 is 17.6 Å². The number of amides is 1. The van der Waals surface area contributed by atoms with Gasteiger partial charge in [-0.25, -0.2) is 9.78 Å². The summed E-state index contributed by atoms with van der Waals surface area (Å²) in [5.41, 5.74) is 3.68. The number of hydrogen-bond donors (Lipinski definition) is 2. The van der Waals surface area contributed by atoms with Crippen LogP contribution in [0.2, 0.25) is 0 Å². The van der Waals surface area contributed by atoms with Crippen LogP contribution in [-0.4, -0.2) is 45.0 Å². The molecule has 0 aliphatic heterocycles. The van der Waals surface area contributed by atoms with Gasteiger partial charge in [0.25, 0.3) is 12.5 Å². The number of esters is 1. The minimum Gasteiger partial charge on any atom is -0.467 e. The number of nitrogens with one attached hydrogen (secondary N) is 2. The number of imidazole rings is 1. The molecule has 0 fully saturated rings. The molecule has 4 aromatic rings. The molecule has 34 heavy (non-hydrogen) atoms. The Kier molecular flexibility index (Phi) is 6.70. The van der Waals surface area contributed by atoms with Gasteiger partial charge in [-0.2, -0.15) is 0 Å². The van der Waals surface area contributed by atoms with Crippen molar-refractivity contribution in [3.63, 3.8) is 0 Å². The zero-order chi connectivity index (χ0) is 23.9. The third-order valence-electron chi connectivity index (χ3n) is 5.15. The van der Waals surface area contributed by atoms with Crippen LogP contribution in [0.3, 0.4) is 0 Å². The van der Waals surface area contributed by atoms with Crippen LogP contribution in [0.4, 0.5) is 5.69 Å². The summed E-state index contributed by atoms with van der Waals surface area (Å²) in [6, 6.07) is 13.2. The molecule has 0 spiro atoms. The van der Waals surface area contributed by atoms with E-state index in [1.807, 2.05) is 12.1 Å². The van der Waals surface area contributed by atoms with Gasteiger partial charge in [-0.15, -0.1) is 0 Å². The number of carbonyl (C=O) groups excluding carboxylic acids is 2. The average Bonchev–Trinajstić information content (AvgIpc) is 3.41. The van der Waals surface area contributed by atoms with E-state index in [-0.39, 0.29) is 12.0 Å². The second-order valence-corrected chi connectivity index (χ2v) is 7.31. The number of carbonyl (C=O) groups is 2. The molecule has 9 heteroatoms. The highest BCUT2D eigenvalue weighted by Gasteiger charge is 2.28. The summed E-state index contributed by atoms with van der Waals surface area (Å²) in [5.74, 6) is -1.06. The summed E-state index contributed by atoms with van der Waals surface area (Å²) in [6.45, 7) is 5.76. The van der Waals surface area contributed by atoms with Crippen LogP contribution in [0.5, 0.6) is 0 Å². The molecule has 0 radical (unpaired) electrons. The van der Waals surface area contributed by atoms with E-state index in [1.54, 1.807) is 55.0 Å². The van der Waals surface area contributed by atoms with Crippen LogP contribution < -0.4 is 5.32 Å². The minimum atomic E-state index is -0.923. The summed E-state index contributed by atoms with van der Waals surface area (Å²) < 4.78 is 4.88. The molecule has 0 bridgehead atoms. The number of aromatic amines is 1. The lowest BCUT2D eigenvalue weighted by molar-refractivity contribution is -0.142. The van der Waals surface area contributed by atoms with Gasteiger partial charge in [0.05, 0.1) is 36.0 Å². The lowest BCUT2D eigenvalue weighted by Crippen LogP contribution is -2.43. The SMILES string of the molecule is C#[N+]c1c(-c2ccccn2)cc(C(=O)N[C@H](Cc2cnc[nH]2)C(=O)OC)cc1-c1ccccn1. The summed E-state index contributed by atoms with van der Waals surface area (Å²) in [4.78, 5) is 45.3. The van der Waals surface area contributed by atoms with E-state index in [9.17, 15) is 9.59 Å². The molecular weight excluding hydrogens is 432 g/mol. The predicted molar refractivity (Wildman–Crippen MR) is 126 cm³/mol. The molecule has 0 saturated heterocycles. The summed E-state index contributed by atoms with van der Waals surface area (Å²) in [5, 5.41) is 2.75. The van der Waals surface area contributed by atoms with Gasteiger partial charge in [0.1, 0.15) is 6.04 Å². The maximum Gasteiger partial charge on any atom is 0.358 e. The second-order valence-electron chi connectivity index (χ2n) is 7.31. The molecule has 4 rings (SSSR count). The minimum absolute atomic E-state index is 0.189. The number of benzene rings is 1. The first-order valence-corrected chi connectivity index (χ1v) is 10.4. The quantitative estimate of drug-likeness (QED) is 0.413.